The Morgan fingerprint density at radius 1 is 0.600 bits per heavy atom. The van der Waals surface area contributed by atoms with Gasteiger partial charge in [0, 0.05) is 5.92 Å². The van der Waals surface area contributed by atoms with Crippen molar-refractivity contribution in [3.05, 3.63) is 0 Å². The molecule has 10 atom stereocenters. The fourth-order valence-corrected chi connectivity index (χ4v) is 3.02. The van der Waals surface area contributed by atoms with Crippen LogP contribution < -0.4 is 0 Å². The topological polar surface area (TPSA) is 190 Å². The van der Waals surface area contributed by atoms with Crippen molar-refractivity contribution in [3.8, 4) is 0 Å². The molecule has 148 valence electrons. The van der Waals surface area contributed by atoms with Gasteiger partial charge in [0.05, 0.1) is 38.6 Å². The van der Waals surface area contributed by atoms with Crippen LogP contribution >= 0.6 is 0 Å². The Kier molecular flexibility index (Phi) is 7.49. The van der Waals surface area contributed by atoms with Crippen LogP contribution in [0.5, 0.6) is 0 Å². The number of rotatable bonds is 6. The second kappa shape index (κ2) is 8.97. The third kappa shape index (κ3) is 4.46. The van der Waals surface area contributed by atoms with Gasteiger partial charge in [-0.2, -0.15) is 0 Å². The molecule has 0 spiro atoms. The van der Waals surface area contributed by atoms with E-state index in [2.05, 4.69) is 0 Å². The van der Waals surface area contributed by atoms with Crippen LogP contribution in [0, 0.1) is 5.92 Å². The molecule has 11 heteroatoms. The molecule has 0 aromatic rings. The van der Waals surface area contributed by atoms with Crippen molar-refractivity contribution in [2.24, 2.45) is 5.92 Å². The number of hydrogen-bond donors (Lipinski definition) is 8. The minimum atomic E-state index is -1.63. The number of aliphatic hydroxyl groups is 8. The van der Waals surface area contributed by atoms with E-state index < -0.39 is 74.3 Å². The standard InChI is InChI=1S/C14H26O11/c15-1-6-5(9(17)13(21)14(22)25-6)3-23-4-8-11(19)12(20)10(18)7(2-16)24-8/h5-22H,1-4H2/t5-,6-,7-,8-,9+,10-,11+,12+,13-,14-/m1/s1. The summed E-state index contributed by atoms with van der Waals surface area (Å²) in [6, 6.07) is 0. The van der Waals surface area contributed by atoms with E-state index in [1.165, 1.54) is 0 Å². The first kappa shape index (κ1) is 20.9. The lowest BCUT2D eigenvalue weighted by molar-refractivity contribution is -0.282. The molecule has 0 unspecified atom stereocenters. The summed E-state index contributed by atoms with van der Waals surface area (Å²) in [5.74, 6) is -0.853. The van der Waals surface area contributed by atoms with E-state index in [0.717, 1.165) is 0 Å². The van der Waals surface area contributed by atoms with Crippen LogP contribution in [0.1, 0.15) is 0 Å². The van der Waals surface area contributed by atoms with Gasteiger partial charge in [-0.05, 0) is 0 Å². The normalized spacial score (nSPS) is 48.5. The summed E-state index contributed by atoms with van der Waals surface area (Å²) in [6.45, 7) is -1.53. The van der Waals surface area contributed by atoms with Crippen molar-refractivity contribution in [2.75, 3.05) is 26.4 Å². The van der Waals surface area contributed by atoms with Crippen molar-refractivity contribution in [2.45, 2.75) is 55.1 Å². The predicted octanol–water partition coefficient (Wildman–Crippen LogP) is -5.11. The van der Waals surface area contributed by atoms with E-state index in [9.17, 15) is 35.7 Å². The second-order valence-electron chi connectivity index (χ2n) is 6.30. The van der Waals surface area contributed by atoms with Gasteiger partial charge in [-0.3, -0.25) is 0 Å². The van der Waals surface area contributed by atoms with E-state index >= 15 is 0 Å². The van der Waals surface area contributed by atoms with Crippen LogP contribution in [0.2, 0.25) is 0 Å². The first-order valence-corrected chi connectivity index (χ1v) is 8.00. The third-order valence-corrected chi connectivity index (χ3v) is 4.64. The van der Waals surface area contributed by atoms with E-state index in [4.69, 9.17) is 19.3 Å². The Balaban J connectivity index is 1.90. The molecular formula is C14H26O11. The van der Waals surface area contributed by atoms with Gasteiger partial charge in [0.25, 0.3) is 0 Å². The van der Waals surface area contributed by atoms with Crippen molar-refractivity contribution < 1.29 is 55.1 Å². The first-order valence-electron chi connectivity index (χ1n) is 8.00. The van der Waals surface area contributed by atoms with Gasteiger partial charge < -0.3 is 55.1 Å². The van der Waals surface area contributed by atoms with Crippen LogP contribution in [0.4, 0.5) is 0 Å². The molecule has 0 saturated carbocycles. The lowest BCUT2D eigenvalue weighted by Gasteiger charge is -2.41. The summed E-state index contributed by atoms with van der Waals surface area (Å²) in [6.07, 6.45) is -12.1. The van der Waals surface area contributed by atoms with Gasteiger partial charge in [0.1, 0.15) is 36.6 Å². The average Bonchev–Trinajstić information content (AvgIpc) is 2.61. The molecule has 2 heterocycles. The third-order valence-electron chi connectivity index (χ3n) is 4.64. The van der Waals surface area contributed by atoms with Crippen molar-refractivity contribution in [3.63, 3.8) is 0 Å². The van der Waals surface area contributed by atoms with Gasteiger partial charge >= 0.3 is 0 Å². The van der Waals surface area contributed by atoms with Gasteiger partial charge in [-0.15, -0.1) is 0 Å². The van der Waals surface area contributed by atoms with Gasteiger partial charge in [-0.1, -0.05) is 0 Å². The highest BCUT2D eigenvalue weighted by atomic mass is 16.6. The molecule has 2 rings (SSSR count). The SMILES string of the molecule is OC[C@H]1O[C@H](COC[C@H]2[C@H](O)[C@@H](O)[C@H](O)O[C@@H]2CO)[C@H](O)[C@@H](O)[C@@H]1O. The minimum Gasteiger partial charge on any atom is -0.394 e. The molecule has 25 heavy (non-hydrogen) atoms. The molecular weight excluding hydrogens is 344 g/mol. The van der Waals surface area contributed by atoms with Gasteiger partial charge in [-0.25, -0.2) is 0 Å². The van der Waals surface area contributed by atoms with Crippen LogP contribution in [0.15, 0.2) is 0 Å². The van der Waals surface area contributed by atoms with E-state index in [0.29, 0.717) is 0 Å². The quantitative estimate of drug-likeness (QED) is 0.223. The first-order chi connectivity index (χ1) is 11.8. The summed E-state index contributed by atoms with van der Waals surface area (Å²) in [5.41, 5.74) is 0. The molecule has 0 aromatic heterocycles. The van der Waals surface area contributed by atoms with Gasteiger partial charge in [0.15, 0.2) is 6.29 Å². The smallest absolute Gasteiger partial charge is 0.183 e. The molecule has 2 aliphatic heterocycles. The zero-order chi connectivity index (χ0) is 18.7. The molecule has 2 saturated heterocycles. The van der Waals surface area contributed by atoms with Crippen molar-refractivity contribution >= 4 is 0 Å². The highest BCUT2D eigenvalue weighted by Crippen LogP contribution is 2.26. The molecule has 2 fully saturated rings. The summed E-state index contributed by atoms with van der Waals surface area (Å²) < 4.78 is 15.6. The summed E-state index contributed by atoms with van der Waals surface area (Å²) in [7, 11) is 0. The summed E-state index contributed by atoms with van der Waals surface area (Å²) in [4.78, 5) is 0. The second-order valence-corrected chi connectivity index (χ2v) is 6.30. The molecule has 0 aliphatic carbocycles. The Morgan fingerprint density at radius 2 is 1.20 bits per heavy atom. The fourth-order valence-electron chi connectivity index (χ4n) is 3.02. The van der Waals surface area contributed by atoms with Gasteiger partial charge in [0.2, 0.25) is 0 Å². The van der Waals surface area contributed by atoms with Crippen molar-refractivity contribution in [1.29, 1.82) is 0 Å². The van der Waals surface area contributed by atoms with Crippen LogP contribution in [-0.2, 0) is 14.2 Å². The minimum absolute atomic E-state index is 0.203. The monoisotopic (exact) mass is 370 g/mol. The van der Waals surface area contributed by atoms with Crippen LogP contribution in [0.25, 0.3) is 0 Å². The zero-order valence-electron chi connectivity index (χ0n) is 13.4. The maximum Gasteiger partial charge on any atom is 0.183 e. The molecule has 2 aliphatic rings. The summed E-state index contributed by atoms with van der Waals surface area (Å²) in [5, 5.41) is 76.7. The van der Waals surface area contributed by atoms with E-state index in [1.54, 1.807) is 0 Å². The highest BCUT2D eigenvalue weighted by molar-refractivity contribution is 4.92. The lowest BCUT2D eigenvalue weighted by atomic mass is 9.90. The number of aliphatic hydroxyl groups excluding tert-OH is 8. The Bertz CT molecular complexity index is 406. The maximum absolute atomic E-state index is 9.99. The predicted molar refractivity (Wildman–Crippen MR) is 78.1 cm³/mol. The Morgan fingerprint density at radius 3 is 1.80 bits per heavy atom. The van der Waals surface area contributed by atoms with E-state index in [-0.39, 0.29) is 13.2 Å². The molecule has 0 bridgehead atoms. The molecule has 0 aromatic carbocycles. The van der Waals surface area contributed by atoms with Crippen LogP contribution in [-0.4, -0.2) is 122 Å². The average molecular weight is 370 g/mol. The molecule has 0 amide bonds. The molecule has 8 N–H and O–H groups in total. The molecule has 0 radical (unpaired) electrons. The molecule has 11 nitrogen and oxygen atoms in total. The number of ether oxygens (including phenoxy) is 3. The zero-order valence-corrected chi connectivity index (χ0v) is 13.4. The number of hydrogen-bond acceptors (Lipinski definition) is 11. The van der Waals surface area contributed by atoms with Crippen molar-refractivity contribution in [1.82, 2.24) is 0 Å². The summed E-state index contributed by atoms with van der Waals surface area (Å²) >= 11 is 0. The van der Waals surface area contributed by atoms with Crippen LogP contribution in [0.3, 0.4) is 0 Å². The largest absolute Gasteiger partial charge is 0.394 e. The maximum atomic E-state index is 9.99. The lowest BCUT2D eigenvalue weighted by Crippen LogP contribution is -2.60. The Hall–Kier alpha value is -0.440. The Labute approximate surface area is 143 Å². The highest BCUT2D eigenvalue weighted by Gasteiger charge is 2.45. The van der Waals surface area contributed by atoms with E-state index in [1.807, 2.05) is 0 Å². The fraction of sp³-hybridized carbons (Fsp3) is 1.00.